The number of hydrogen-bond acceptors (Lipinski definition) is 3. The molecule has 0 atom stereocenters. The lowest BCUT2D eigenvalue weighted by Gasteiger charge is -2.37. The molecule has 1 fully saturated rings. The van der Waals surface area contributed by atoms with Gasteiger partial charge in [-0.05, 0) is 17.7 Å². The third kappa shape index (κ3) is 2.45. The molecule has 9 heteroatoms. The van der Waals surface area contributed by atoms with Crippen LogP contribution in [0.15, 0.2) is 29.2 Å². The summed E-state index contributed by atoms with van der Waals surface area (Å²) in [6.45, 7) is 0.501. The second-order valence-electron chi connectivity index (χ2n) is 4.40. The predicted molar refractivity (Wildman–Crippen MR) is 62.0 cm³/mol. The number of sulfone groups is 1. The number of amides is 1. The molecule has 1 aromatic rings. The van der Waals surface area contributed by atoms with Gasteiger partial charge in [-0.3, -0.25) is 0 Å². The second kappa shape index (κ2) is 4.65. The van der Waals surface area contributed by atoms with Gasteiger partial charge in [0.05, 0.1) is 4.90 Å². The number of halogens is 3. The fraction of sp³-hybridized carbons (Fsp3) is 0.364. The van der Waals surface area contributed by atoms with Crippen LogP contribution in [0.4, 0.5) is 18.0 Å². The van der Waals surface area contributed by atoms with E-state index in [1.165, 1.54) is 12.1 Å². The summed E-state index contributed by atoms with van der Waals surface area (Å²) in [5, 5.41) is 8.66. The Morgan fingerprint density at radius 2 is 1.70 bits per heavy atom. The highest BCUT2D eigenvalue weighted by molar-refractivity contribution is 7.92. The number of carboxylic acid groups (broad SMARTS) is 1. The SMILES string of the molecule is O=C(O)N1CC(c2ccc(S(=O)(=O)C(F)(F)F)cc2)C1. The number of rotatable bonds is 2. The molecule has 0 bridgehead atoms. The van der Waals surface area contributed by atoms with Gasteiger partial charge in [-0.1, -0.05) is 12.1 Å². The topological polar surface area (TPSA) is 74.7 Å². The number of hydrogen-bond donors (Lipinski definition) is 1. The zero-order valence-corrected chi connectivity index (χ0v) is 10.8. The van der Waals surface area contributed by atoms with E-state index in [1.807, 2.05) is 0 Å². The number of likely N-dealkylation sites (tertiary alicyclic amines) is 1. The molecule has 0 spiro atoms. The lowest BCUT2D eigenvalue weighted by Crippen LogP contribution is -2.47. The molecule has 1 aromatic carbocycles. The normalized spacial score (nSPS) is 16.9. The molecule has 2 rings (SSSR count). The molecule has 0 aromatic heterocycles. The Kier molecular flexibility index (Phi) is 3.41. The molecule has 1 aliphatic rings. The van der Waals surface area contributed by atoms with Crippen LogP contribution in [0.5, 0.6) is 0 Å². The Hall–Kier alpha value is -1.77. The van der Waals surface area contributed by atoms with Gasteiger partial charge < -0.3 is 10.0 Å². The summed E-state index contributed by atoms with van der Waals surface area (Å²) in [5.41, 5.74) is -4.71. The molecule has 110 valence electrons. The van der Waals surface area contributed by atoms with Crippen LogP contribution in [-0.4, -0.2) is 43.1 Å². The van der Waals surface area contributed by atoms with E-state index in [9.17, 15) is 26.4 Å². The zero-order chi connectivity index (χ0) is 15.1. The van der Waals surface area contributed by atoms with Crippen molar-refractivity contribution in [3.05, 3.63) is 29.8 Å². The quantitative estimate of drug-likeness (QED) is 0.907. The average Bonchev–Trinajstić information content (AvgIpc) is 2.25. The number of nitrogens with zero attached hydrogens (tertiary/aromatic N) is 1. The van der Waals surface area contributed by atoms with Crippen LogP contribution in [0.25, 0.3) is 0 Å². The Balaban J connectivity index is 2.15. The molecular formula is C11H10F3NO4S. The first-order valence-electron chi connectivity index (χ1n) is 5.52. The summed E-state index contributed by atoms with van der Waals surface area (Å²) in [7, 11) is -5.34. The van der Waals surface area contributed by atoms with Crippen molar-refractivity contribution < 1.29 is 31.5 Å². The Morgan fingerprint density at radius 1 is 1.20 bits per heavy atom. The number of benzene rings is 1. The first kappa shape index (κ1) is 14.6. The van der Waals surface area contributed by atoms with E-state index in [1.54, 1.807) is 0 Å². The molecule has 0 unspecified atom stereocenters. The van der Waals surface area contributed by atoms with Gasteiger partial charge in [-0.15, -0.1) is 0 Å². The summed E-state index contributed by atoms with van der Waals surface area (Å²) in [5.74, 6) is -0.117. The molecule has 20 heavy (non-hydrogen) atoms. The Bertz CT molecular complexity index is 618. The van der Waals surface area contributed by atoms with E-state index in [4.69, 9.17) is 5.11 Å². The maximum atomic E-state index is 12.3. The third-order valence-corrected chi connectivity index (χ3v) is 4.62. The van der Waals surface area contributed by atoms with Crippen LogP contribution in [0.2, 0.25) is 0 Å². The van der Waals surface area contributed by atoms with Gasteiger partial charge in [0.25, 0.3) is 9.84 Å². The second-order valence-corrected chi connectivity index (χ2v) is 6.34. The highest BCUT2D eigenvalue weighted by Crippen LogP contribution is 2.32. The van der Waals surface area contributed by atoms with E-state index in [0.717, 1.165) is 17.0 Å². The van der Waals surface area contributed by atoms with Crippen LogP contribution < -0.4 is 0 Å². The van der Waals surface area contributed by atoms with Gasteiger partial charge >= 0.3 is 11.6 Å². The van der Waals surface area contributed by atoms with Gasteiger partial charge in [-0.2, -0.15) is 13.2 Å². The summed E-state index contributed by atoms with van der Waals surface area (Å²) in [6.07, 6.45) is -1.06. The zero-order valence-electron chi connectivity index (χ0n) is 9.96. The van der Waals surface area contributed by atoms with Gasteiger partial charge in [0, 0.05) is 19.0 Å². The predicted octanol–water partition coefficient (Wildman–Crippen LogP) is 2.06. The van der Waals surface area contributed by atoms with Crippen molar-refractivity contribution in [3.8, 4) is 0 Å². The molecule has 0 aliphatic carbocycles. The van der Waals surface area contributed by atoms with Crippen LogP contribution in [0.3, 0.4) is 0 Å². The Morgan fingerprint density at radius 3 is 2.10 bits per heavy atom. The average molecular weight is 309 g/mol. The summed E-state index contributed by atoms with van der Waals surface area (Å²) < 4.78 is 59.3. The molecule has 1 heterocycles. The lowest BCUT2D eigenvalue weighted by molar-refractivity contribution is -0.0436. The highest BCUT2D eigenvalue weighted by Gasteiger charge is 2.46. The maximum Gasteiger partial charge on any atom is 0.501 e. The Labute approximate surface area is 112 Å². The molecule has 1 amide bonds. The lowest BCUT2D eigenvalue weighted by atomic mass is 9.92. The minimum Gasteiger partial charge on any atom is -0.465 e. The van der Waals surface area contributed by atoms with Crippen molar-refractivity contribution in [2.75, 3.05) is 13.1 Å². The largest absolute Gasteiger partial charge is 0.501 e. The highest BCUT2D eigenvalue weighted by atomic mass is 32.2. The van der Waals surface area contributed by atoms with Crippen molar-refractivity contribution in [1.29, 1.82) is 0 Å². The van der Waals surface area contributed by atoms with Crippen LogP contribution in [0.1, 0.15) is 11.5 Å². The van der Waals surface area contributed by atoms with Crippen LogP contribution >= 0.6 is 0 Å². The van der Waals surface area contributed by atoms with Crippen LogP contribution in [-0.2, 0) is 9.84 Å². The molecule has 1 saturated heterocycles. The molecule has 0 radical (unpaired) electrons. The molecule has 1 aliphatic heterocycles. The fourth-order valence-corrected chi connectivity index (χ4v) is 2.66. The minimum absolute atomic E-state index is 0.117. The van der Waals surface area contributed by atoms with Crippen LogP contribution in [0, 0.1) is 0 Å². The van der Waals surface area contributed by atoms with Gasteiger partial charge in [0.15, 0.2) is 0 Å². The maximum absolute atomic E-state index is 12.3. The van der Waals surface area contributed by atoms with Gasteiger partial charge in [0.2, 0.25) is 0 Å². The van der Waals surface area contributed by atoms with E-state index >= 15 is 0 Å². The summed E-state index contributed by atoms with van der Waals surface area (Å²) in [6, 6.07) is 4.34. The fourth-order valence-electron chi connectivity index (χ4n) is 1.90. The monoisotopic (exact) mass is 309 g/mol. The first-order chi connectivity index (χ1) is 9.13. The van der Waals surface area contributed by atoms with E-state index in [2.05, 4.69) is 0 Å². The molecule has 0 saturated carbocycles. The van der Waals surface area contributed by atoms with Gasteiger partial charge in [-0.25, -0.2) is 13.2 Å². The smallest absolute Gasteiger partial charge is 0.465 e. The van der Waals surface area contributed by atoms with Crippen molar-refractivity contribution in [2.45, 2.75) is 16.3 Å². The third-order valence-electron chi connectivity index (χ3n) is 3.12. The van der Waals surface area contributed by atoms with Crippen molar-refractivity contribution in [2.24, 2.45) is 0 Å². The van der Waals surface area contributed by atoms with E-state index in [-0.39, 0.29) is 19.0 Å². The number of carbonyl (C=O) groups is 1. The van der Waals surface area contributed by atoms with Crippen molar-refractivity contribution in [1.82, 2.24) is 4.90 Å². The van der Waals surface area contributed by atoms with Gasteiger partial charge in [0.1, 0.15) is 0 Å². The molecule has 5 nitrogen and oxygen atoms in total. The number of alkyl halides is 3. The summed E-state index contributed by atoms with van der Waals surface area (Å²) >= 11 is 0. The van der Waals surface area contributed by atoms with E-state index in [0.29, 0.717) is 5.56 Å². The van der Waals surface area contributed by atoms with Crippen molar-refractivity contribution >= 4 is 15.9 Å². The van der Waals surface area contributed by atoms with E-state index < -0.39 is 26.3 Å². The minimum atomic E-state index is -5.34. The van der Waals surface area contributed by atoms with Crippen molar-refractivity contribution in [3.63, 3.8) is 0 Å². The summed E-state index contributed by atoms with van der Waals surface area (Å²) in [4.78, 5) is 10.9. The standard InChI is InChI=1S/C11H10F3NO4S/c12-11(13,14)20(18,19)9-3-1-7(2-4-9)8-5-15(6-8)10(16)17/h1-4,8H,5-6H2,(H,16,17). The first-order valence-corrected chi connectivity index (χ1v) is 7.00. The molecular weight excluding hydrogens is 299 g/mol. The molecule has 1 N–H and O–H groups in total.